The van der Waals surface area contributed by atoms with Gasteiger partial charge < -0.3 is 10.2 Å². The molecule has 1 aliphatic heterocycles. The number of piperidine rings is 1. The largest absolute Gasteiger partial charge is 0.339 e. The predicted octanol–water partition coefficient (Wildman–Crippen LogP) is 2.53. The van der Waals surface area contributed by atoms with Gasteiger partial charge in [0.1, 0.15) is 0 Å². The maximum Gasteiger partial charge on any atom is 0.225 e. The maximum atomic E-state index is 8.82. The highest BCUT2D eigenvalue weighted by Crippen LogP contribution is 2.15. The van der Waals surface area contributed by atoms with Crippen LogP contribution in [0.5, 0.6) is 0 Å². The van der Waals surface area contributed by atoms with Crippen LogP contribution in [-0.2, 0) is 6.54 Å². The summed E-state index contributed by atoms with van der Waals surface area (Å²) in [4.78, 5) is 10.9. The summed E-state index contributed by atoms with van der Waals surface area (Å²) in [7, 11) is 0. The summed E-state index contributed by atoms with van der Waals surface area (Å²) in [6.45, 7) is 2.76. The molecule has 1 aromatic heterocycles. The molecule has 6 heteroatoms. The van der Waals surface area contributed by atoms with Crippen molar-refractivity contribution >= 4 is 18.4 Å². The highest BCUT2D eigenvalue weighted by Gasteiger charge is 2.20. The minimum Gasteiger partial charge on any atom is -0.339 e. The topological polar surface area (TPSA) is 64.8 Å². The van der Waals surface area contributed by atoms with Gasteiger partial charge in [-0.2, -0.15) is 5.26 Å². The van der Waals surface area contributed by atoms with E-state index in [4.69, 9.17) is 5.26 Å². The molecule has 0 aliphatic carbocycles. The van der Waals surface area contributed by atoms with E-state index >= 15 is 0 Å². The molecule has 0 bridgehead atoms. The van der Waals surface area contributed by atoms with Gasteiger partial charge in [0.15, 0.2) is 0 Å². The highest BCUT2D eigenvalue weighted by molar-refractivity contribution is 5.85. The Morgan fingerprint density at radius 1 is 1.22 bits per heavy atom. The Labute approximate surface area is 142 Å². The quantitative estimate of drug-likeness (QED) is 0.933. The van der Waals surface area contributed by atoms with Crippen molar-refractivity contribution in [2.75, 3.05) is 18.0 Å². The number of nitrogens with zero attached hydrogens (tertiary/aromatic N) is 4. The number of nitriles is 1. The summed E-state index contributed by atoms with van der Waals surface area (Å²) in [6.07, 6.45) is 5.88. The third-order valence-electron chi connectivity index (χ3n) is 3.93. The summed E-state index contributed by atoms with van der Waals surface area (Å²) in [5.74, 6) is 0.812. The van der Waals surface area contributed by atoms with Crippen molar-refractivity contribution < 1.29 is 0 Å². The molecule has 2 aromatic rings. The first-order chi connectivity index (χ1) is 10.8. The van der Waals surface area contributed by atoms with Crippen molar-refractivity contribution in [2.45, 2.75) is 25.4 Å². The maximum absolute atomic E-state index is 8.82. The van der Waals surface area contributed by atoms with E-state index in [9.17, 15) is 0 Å². The van der Waals surface area contributed by atoms with Crippen molar-refractivity contribution in [2.24, 2.45) is 0 Å². The van der Waals surface area contributed by atoms with Crippen molar-refractivity contribution in [1.29, 1.82) is 5.26 Å². The smallest absolute Gasteiger partial charge is 0.225 e. The summed E-state index contributed by atoms with van der Waals surface area (Å²) >= 11 is 0. The molecule has 1 atom stereocenters. The summed E-state index contributed by atoms with van der Waals surface area (Å²) in [5, 5.41) is 12.4. The van der Waals surface area contributed by atoms with Crippen LogP contribution in [0, 0.1) is 11.3 Å². The molecule has 0 amide bonds. The van der Waals surface area contributed by atoms with Crippen LogP contribution in [-0.4, -0.2) is 29.1 Å². The van der Waals surface area contributed by atoms with Crippen molar-refractivity contribution in [3.05, 3.63) is 53.9 Å². The second-order valence-electron chi connectivity index (χ2n) is 5.52. The van der Waals surface area contributed by atoms with Gasteiger partial charge >= 0.3 is 0 Å². The molecule has 0 spiro atoms. The van der Waals surface area contributed by atoms with Crippen LogP contribution in [0.15, 0.2) is 42.7 Å². The Bertz CT molecular complexity index is 638. The van der Waals surface area contributed by atoms with E-state index in [1.807, 2.05) is 30.3 Å². The zero-order chi connectivity index (χ0) is 15.2. The number of rotatable bonds is 4. The monoisotopic (exact) mass is 329 g/mol. The fraction of sp³-hybridized carbons (Fsp3) is 0.353. The Hall–Kier alpha value is -2.16. The van der Waals surface area contributed by atoms with Gasteiger partial charge in [-0.3, -0.25) is 0 Å². The molecule has 1 aliphatic rings. The zero-order valence-electron chi connectivity index (χ0n) is 12.9. The van der Waals surface area contributed by atoms with E-state index in [1.165, 1.54) is 12.0 Å². The van der Waals surface area contributed by atoms with Gasteiger partial charge in [-0.25, -0.2) is 9.97 Å². The fourth-order valence-corrected chi connectivity index (χ4v) is 2.74. The minimum absolute atomic E-state index is 0. The second-order valence-corrected chi connectivity index (χ2v) is 5.52. The molecule has 1 unspecified atom stereocenters. The zero-order valence-corrected chi connectivity index (χ0v) is 13.7. The second kappa shape index (κ2) is 8.47. The van der Waals surface area contributed by atoms with Gasteiger partial charge in [0, 0.05) is 38.1 Å². The number of halogens is 1. The van der Waals surface area contributed by atoms with Gasteiger partial charge in [-0.05, 0) is 36.6 Å². The van der Waals surface area contributed by atoms with Crippen molar-refractivity contribution in [3.8, 4) is 6.07 Å². The number of nitrogens with one attached hydrogen (secondary N) is 1. The van der Waals surface area contributed by atoms with Gasteiger partial charge in [0.2, 0.25) is 5.95 Å². The molecule has 120 valence electrons. The van der Waals surface area contributed by atoms with Crippen LogP contribution < -0.4 is 10.2 Å². The Balaban J connectivity index is 0.00000192. The number of hydrogen-bond acceptors (Lipinski definition) is 5. The van der Waals surface area contributed by atoms with Gasteiger partial charge in [0.05, 0.1) is 11.6 Å². The first-order valence-corrected chi connectivity index (χ1v) is 7.59. The van der Waals surface area contributed by atoms with Crippen LogP contribution >= 0.6 is 12.4 Å². The van der Waals surface area contributed by atoms with E-state index < -0.39 is 0 Å². The third-order valence-corrected chi connectivity index (χ3v) is 3.93. The first-order valence-electron chi connectivity index (χ1n) is 7.59. The molecule has 1 aromatic carbocycles. The average molecular weight is 330 g/mol. The molecule has 3 rings (SSSR count). The first kappa shape index (κ1) is 17.2. The SMILES string of the molecule is Cl.N#Cc1ccc(CNC2CCCN(c3ncccn3)C2)cc1. The highest BCUT2D eigenvalue weighted by atomic mass is 35.5. The predicted molar refractivity (Wildman–Crippen MR) is 92.5 cm³/mol. The standard InChI is InChI=1S/C17H19N5.ClH/c18-11-14-4-6-15(7-5-14)12-21-16-3-1-10-22(13-16)17-19-8-2-9-20-17;/h2,4-9,16,21H,1,3,10,12-13H2;1H. The molecule has 1 N–H and O–H groups in total. The number of anilines is 1. The number of aromatic nitrogens is 2. The molecule has 1 saturated heterocycles. The third kappa shape index (κ3) is 4.65. The summed E-state index contributed by atoms with van der Waals surface area (Å²) in [6, 6.07) is 12.2. The lowest BCUT2D eigenvalue weighted by Crippen LogP contribution is -2.46. The Morgan fingerprint density at radius 2 is 1.96 bits per heavy atom. The number of benzene rings is 1. The van der Waals surface area contributed by atoms with Crippen LogP contribution in [0.4, 0.5) is 5.95 Å². The van der Waals surface area contributed by atoms with E-state index in [1.54, 1.807) is 12.4 Å². The van der Waals surface area contributed by atoms with Gasteiger partial charge in [-0.1, -0.05) is 12.1 Å². The van der Waals surface area contributed by atoms with Crippen LogP contribution in [0.2, 0.25) is 0 Å². The van der Waals surface area contributed by atoms with E-state index in [2.05, 4.69) is 26.3 Å². The lowest BCUT2D eigenvalue weighted by molar-refractivity contribution is 0.418. The van der Waals surface area contributed by atoms with E-state index in [0.29, 0.717) is 11.6 Å². The van der Waals surface area contributed by atoms with Crippen LogP contribution in [0.25, 0.3) is 0 Å². The van der Waals surface area contributed by atoms with Gasteiger partial charge in [-0.15, -0.1) is 12.4 Å². The molecule has 0 saturated carbocycles. The lowest BCUT2D eigenvalue weighted by atomic mass is 10.1. The minimum atomic E-state index is 0. The molecule has 5 nitrogen and oxygen atoms in total. The average Bonchev–Trinajstić information content (AvgIpc) is 2.61. The normalized spacial score (nSPS) is 17.2. The Morgan fingerprint density at radius 3 is 2.65 bits per heavy atom. The molecule has 0 radical (unpaired) electrons. The lowest BCUT2D eigenvalue weighted by Gasteiger charge is -2.33. The van der Waals surface area contributed by atoms with Crippen LogP contribution in [0.3, 0.4) is 0 Å². The fourth-order valence-electron chi connectivity index (χ4n) is 2.74. The molecule has 1 fully saturated rings. The molecule has 2 heterocycles. The van der Waals surface area contributed by atoms with Gasteiger partial charge in [0.25, 0.3) is 0 Å². The molecular formula is C17H20ClN5. The molecular weight excluding hydrogens is 310 g/mol. The van der Waals surface area contributed by atoms with Crippen molar-refractivity contribution in [3.63, 3.8) is 0 Å². The van der Waals surface area contributed by atoms with E-state index in [0.717, 1.165) is 32.0 Å². The van der Waals surface area contributed by atoms with Crippen LogP contribution in [0.1, 0.15) is 24.0 Å². The summed E-state index contributed by atoms with van der Waals surface area (Å²) < 4.78 is 0. The Kier molecular flexibility index (Phi) is 6.33. The number of hydrogen-bond donors (Lipinski definition) is 1. The molecule has 23 heavy (non-hydrogen) atoms. The van der Waals surface area contributed by atoms with E-state index in [-0.39, 0.29) is 12.4 Å². The van der Waals surface area contributed by atoms with Crippen molar-refractivity contribution in [1.82, 2.24) is 15.3 Å². The summed E-state index contributed by atoms with van der Waals surface area (Å²) in [5.41, 5.74) is 1.90.